The molecule has 0 aliphatic carbocycles. The van der Waals surface area contributed by atoms with Crippen LogP contribution in [0.1, 0.15) is 82.5 Å². The molecule has 0 aromatic heterocycles. The molecule has 1 heterocycles. The first-order chi connectivity index (χ1) is 11.5. The zero-order valence-corrected chi connectivity index (χ0v) is 16.5. The maximum Gasteiger partial charge on any atom is 0.261 e. The number of nitrogens with zero attached hydrogens (tertiary/aromatic N) is 1. The molecule has 24 heavy (non-hydrogen) atoms. The van der Waals surface area contributed by atoms with Gasteiger partial charge in [-0.25, -0.2) is 0 Å². The number of aldehydes is 1. The second kappa shape index (κ2) is 12.5. The van der Waals surface area contributed by atoms with E-state index in [0.717, 1.165) is 6.29 Å². The van der Waals surface area contributed by atoms with Crippen LogP contribution in [0.3, 0.4) is 0 Å². The molecule has 0 spiro atoms. The summed E-state index contributed by atoms with van der Waals surface area (Å²) in [6.07, 6.45) is 1.33. The van der Waals surface area contributed by atoms with Gasteiger partial charge in [-0.15, -0.1) is 0 Å². The van der Waals surface area contributed by atoms with Crippen molar-refractivity contribution in [3.63, 3.8) is 0 Å². The smallest absolute Gasteiger partial charge is 0.261 e. The number of imide groups is 1. The Labute approximate surface area is 147 Å². The zero-order valence-electron chi connectivity index (χ0n) is 16.5. The maximum absolute atomic E-state index is 12.0. The minimum Gasteiger partial charge on any atom is -0.303 e. The molecule has 2 amide bonds. The summed E-state index contributed by atoms with van der Waals surface area (Å²) >= 11 is 0. The van der Waals surface area contributed by atoms with Crippen molar-refractivity contribution < 1.29 is 14.4 Å². The fourth-order valence-electron chi connectivity index (χ4n) is 1.90. The van der Waals surface area contributed by atoms with E-state index in [0.29, 0.717) is 17.5 Å². The summed E-state index contributed by atoms with van der Waals surface area (Å²) in [6, 6.07) is 6.78. The molecular formula is C20H33NO3. The van der Waals surface area contributed by atoms with E-state index in [9.17, 15) is 14.4 Å². The molecule has 0 bridgehead atoms. The van der Waals surface area contributed by atoms with Gasteiger partial charge in [0.15, 0.2) is 0 Å². The number of fused-ring (bicyclic) bond motifs is 1. The average Bonchev–Trinajstić information content (AvgIpc) is 2.89. The SMILES string of the molecule is CC.CC.CC.CC(C)(C=O)CCN1C(=O)c2ccccc2C1=O. The number of benzene rings is 1. The topological polar surface area (TPSA) is 54.5 Å². The summed E-state index contributed by atoms with van der Waals surface area (Å²) in [7, 11) is 0. The van der Waals surface area contributed by atoms with Crippen molar-refractivity contribution in [3.8, 4) is 0 Å². The lowest BCUT2D eigenvalue weighted by Crippen LogP contribution is -2.33. The number of hydrogen-bond donors (Lipinski definition) is 0. The first-order valence-corrected chi connectivity index (χ1v) is 8.88. The molecular weight excluding hydrogens is 302 g/mol. The standard InChI is InChI=1S/C14H15NO3.3C2H6/c1-14(2,9-16)7-8-15-12(17)10-5-3-4-6-11(10)13(15)18;3*1-2/h3-6,9H,7-8H2,1-2H3;3*1-2H3. The fraction of sp³-hybridized carbons (Fsp3) is 0.550. The third-order valence-corrected chi connectivity index (χ3v) is 3.18. The Morgan fingerprint density at radius 1 is 0.875 bits per heavy atom. The van der Waals surface area contributed by atoms with Crippen molar-refractivity contribution in [2.75, 3.05) is 6.54 Å². The quantitative estimate of drug-likeness (QED) is 0.576. The Kier molecular flexibility index (Phi) is 12.6. The summed E-state index contributed by atoms with van der Waals surface area (Å²) in [4.78, 5) is 36.1. The Morgan fingerprint density at radius 2 is 1.25 bits per heavy atom. The third-order valence-electron chi connectivity index (χ3n) is 3.18. The number of carbonyl (C=O) groups excluding carboxylic acids is 3. The predicted octanol–water partition coefficient (Wildman–Crippen LogP) is 4.98. The second-order valence-electron chi connectivity index (χ2n) is 5.16. The van der Waals surface area contributed by atoms with Gasteiger partial charge >= 0.3 is 0 Å². The van der Waals surface area contributed by atoms with Crippen LogP contribution in [-0.2, 0) is 4.79 Å². The highest BCUT2D eigenvalue weighted by Crippen LogP contribution is 2.25. The molecule has 1 aromatic carbocycles. The summed E-state index contributed by atoms with van der Waals surface area (Å²) < 4.78 is 0. The predicted molar refractivity (Wildman–Crippen MR) is 100 cm³/mol. The van der Waals surface area contributed by atoms with Crippen molar-refractivity contribution in [1.82, 2.24) is 4.90 Å². The normalized spacial score (nSPS) is 11.9. The fourth-order valence-corrected chi connectivity index (χ4v) is 1.90. The van der Waals surface area contributed by atoms with Crippen molar-refractivity contribution in [2.45, 2.75) is 61.8 Å². The van der Waals surface area contributed by atoms with Crippen LogP contribution < -0.4 is 0 Å². The molecule has 0 atom stereocenters. The van der Waals surface area contributed by atoms with Crippen LogP contribution in [0.15, 0.2) is 24.3 Å². The molecule has 136 valence electrons. The Bertz CT molecular complexity index is 486. The van der Waals surface area contributed by atoms with Gasteiger partial charge in [-0.2, -0.15) is 0 Å². The molecule has 1 aliphatic heterocycles. The molecule has 4 nitrogen and oxygen atoms in total. The molecule has 0 N–H and O–H groups in total. The van der Waals surface area contributed by atoms with Gasteiger partial charge in [-0.05, 0) is 18.6 Å². The van der Waals surface area contributed by atoms with Crippen molar-refractivity contribution >= 4 is 18.1 Å². The summed E-state index contributed by atoms with van der Waals surface area (Å²) in [5.74, 6) is -0.533. The van der Waals surface area contributed by atoms with E-state index in [-0.39, 0.29) is 18.4 Å². The maximum atomic E-state index is 12.0. The van der Waals surface area contributed by atoms with Gasteiger partial charge in [0.2, 0.25) is 0 Å². The monoisotopic (exact) mass is 335 g/mol. The Balaban J connectivity index is 0. The van der Waals surface area contributed by atoms with E-state index in [2.05, 4.69) is 0 Å². The largest absolute Gasteiger partial charge is 0.303 e. The van der Waals surface area contributed by atoms with E-state index in [4.69, 9.17) is 0 Å². The molecule has 2 rings (SSSR count). The first kappa shape index (κ1) is 24.3. The summed E-state index contributed by atoms with van der Waals surface area (Å²) in [6.45, 7) is 15.9. The van der Waals surface area contributed by atoms with E-state index in [1.807, 2.05) is 41.5 Å². The van der Waals surface area contributed by atoms with Gasteiger partial charge in [0, 0.05) is 12.0 Å². The molecule has 1 aliphatic rings. The van der Waals surface area contributed by atoms with Crippen LogP contribution in [-0.4, -0.2) is 29.5 Å². The van der Waals surface area contributed by atoms with Gasteiger partial charge in [-0.1, -0.05) is 67.5 Å². The lowest BCUT2D eigenvalue weighted by Gasteiger charge is -2.20. The van der Waals surface area contributed by atoms with E-state index >= 15 is 0 Å². The summed E-state index contributed by atoms with van der Waals surface area (Å²) in [5.41, 5.74) is 0.382. The molecule has 1 aromatic rings. The minimum atomic E-state index is -0.519. The lowest BCUT2D eigenvalue weighted by atomic mass is 9.91. The molecule has 0 fully saturated rings. The number of carbonyl (C=O) groups is 3. The highest BCUT2D eigenvalue weighted by Gasteiger charge is 2.35. The third kappa shape index (κ3) is 6.26. The lowest BCUT2D eigenvalue weighted by molar-refractivity contribution is -0.115. The molecule has 4 heteroatoms. The number of hydrogen-bond acceptors (Lipinski definition) is 3. The van der Waals surface area contributed by atoms with Gasteiger partial charge in [0.05, 0.1) is 11.1 Å². The Hall–Kier alpha value is -1.97. The first-order valence-electron chi connectivity index (χ1n) is 8.88. The summed E-state index contributed by atoms with van der Waals surface area (Å²) in [5, 5.41) is 0. The van der Waals surface area contributed by atoms with Gasteiger partial charge in [-0.3, -0.25) is 14.5 Å². The highest BCUT2D eigenvalue weighted by molar-refractivity contribution is 6.21. The van der Waals surface area contributed by atoms with Crippen LogP contribution >= 0.6 is 0 Å². The van der Waals surface area contributed by atoms with Crippen LogP contribution in [0, 0.1) is 5.41 Å². The number of rotatable bonds is 4. The van der Waals surface area contributed by atoms with E-state index in [1.165, 1.54) is 4.90 Å². The van der Waals surface area contributed by atoms with Crippen molar-refractivity contribution in [3.05, 3.63) is 35.4 Å². The average molecular weight is 335 g/mol. The number of amides is 2. The molecule has 0 saturated heterocycles. The zero-order chi connectivity index (χ0) is 19.3. The second-order valence-corrected chi connectivity index (χ2v) is 5.16. The van der Waals surface area contributed by atoms with Crippen LogP contribution in [0.25, 0.3) is 0 Å². The van der Waals surface area contributed by atoms with E-state index in [1.54, 1.807) is 38.1 Å². The van der Waals surface area contributed by atoms with Crippen molar-refractivity contribution in [2.24, 2.45) is 5.41 Å². The molecule has 0 unspecified atom stereocenters. The van der Waals surface area contributed by atoms with Gasteiger partial charge in [0.1, 0.15) is 6.29 Å². The highest BCUT2D eigenvalue weighted by atomic mass is 16.2. The van der Waals surface area contributed by atoms with Crippen molar-refractivity contribution in [1.29, 1.82) is 0 Å². The minimum absolute atomic E-state index is 0.266. The van der Waals surface area contributed by atoms with E-state index < -0.39 is 5.41 Å². The van der Waals surface area contributed by atoms with Gasteiger partial charge < -0.3 is 4.79 Å². The molecule has 0 radical (unpaired) electrons. The van der Waals surface area contributed by atoms with Crippen LogP contribution in [0.2, 0.25) is 0 Å². The molecule has 0 saturated carbocycles. The van der Waals surface area contributed by atoms with Crippen LogP contribution in [0.4, 0.5) is 0 Å². The Morgan fingerprint density at radius 3 is 1.58 bits per heavy atom. The van der Waals surface area contributed by atoms with Crippen LogP contribution in [0.5, 0.6) is 0 Å². The van der Waals surface area contributed by atoms with Gasteiger partial charge in [0.25, 0.3) is 11.8 Å².